The minimum atomic E-state index is 0.326. The third-order valence-corrected chi connectivity index (χ3v) is 6.00. The molecule has 0 saturated heterocycles. The molecule has 0 aliphatic heterocycles. The summed E-state index contributed by atoms with van der Waals surface area (Å²) in [6.45, 7) is 2.91. The number of hydrogen-bond donors (Lipinski definition) is 1. The Morgan fingerprint density at radius 2 is 1.69 bits per heavy atom. The summed E-state index contributed by atoms with van der Waals surface area (Å²) in [5.41, 5.74) is 9.82. The van der Waals surface area contributed by atoms with Crippen LogP contribution in [-0.2, 0) is 13.0 Å². The summed E-state index contributed by atoms with van der Waals surface area (Å²) in [5.74, 6) is 3.27. The smallest absolute Gasteiger partial charge is 0.155 e. The van der Waals surface area contributed by atoms with Crippen LogP contribution in [0, 0.1) is 6.92 Å². The fraction of sp³-hybridized carbons (Fsp3) is 0.417. The van der Waals surface area contributed by atoms with E-state index in [9.17, 15) is 0 Å². The van der Waals surface area contributed by atoms with Gasteiger partial charge in [0.2, 0.25) is 0 Å². The molecule has 2 N–H and O–H groups in total. The highest BCUT2D eigenvalue weighted by Gasteiger charge is 2.26. The first-order chi connectivity index (χ1) is 14.1. The fourth-order valence-electron chi connectivity index (χ4n) is 4.24. The fourth-order valence-corrected chi connectivity index (χ4v) is 4.24. The van der Waals surface area contributed by atoms with Crippen LogP contribution in [0.5, 0.6) is 5.75 Å². The number of methoxy groups -OCH3 is 1. The number of aromatic nitrogens is 3. The minimum absolute atomic E-state index is 0.326. The molecule has 3 aromatic rings. The first-order valence-electron chi connectivity index (χ1n) is 10.5. The molecule has 0 bridgehead atoms. The zero-order valence-corrected chi connectivity index (χ0v) is 17.3. The van der Waals surface area contributed by atoms with Crippen LogP contribution in [0.25, 0.3) is 0 Å². The zero-order chi connectivity index (χ0) is 20.2. The predicted molar refractivity (Wildman–Crippen MR) is 115 cm³/mol. The van der Waals surface area contributed by atoms with Gasteiger partial charge in [-0.2, -0.15) is 5.10 Å². The van der Waals surface area contributed by atoms with Gasteiger partial charge in [-0.15, -0.1) is 0 Å². The zero-order valence-electron chi connectivity index (χ0n) is 17.3. The third kappa shape index (κ3) is 4.51. The van der Waals surface area contributed by atoms with Crippen molar-refractivity contribution < 1.29 is 4.74 Å². The molecule has 0 unspecified atom stereocenters. The van der Waals surface area contributed by atoms with E-state index in [1.165, 1.54) is 11.1 Å². The maximum atomic E-state index is 6.14. The van der Waals surface area contributed by atoms with Crippen LogP contribution in [0.3, 0.4) is 0 Å². The maximum absolute atomic E-state index is 6.14. The summed E-state index contributed by atoms with van der Waals surface area (Å²) in [7, 11) is 1.71. The van der Waals surface area contributed by atoms with Crippen LogP contribution in [0.2, 0.25) is 0 Å². The van der Waals surface area contributed by atoms with Crippen molar-refractivity contribution in [1.29, 1.82) is 0 Å². The lowest BCUT2D eigenvalue weighted by Gasteiger charge is -2.25. The second-order valence-electron chi connectivity index (χ2n) is 8.07. The van der Waals surface area contributed by atoms with Crippen LogP contribution in [0.4, 0.5) is 0 Å². The lowest BCUT2D eigenvalue weighted by atomic mass is 9.86. The summed E-state index contributed by atoms with van der Waals surface area (Å²) in [4.78, 5) is 5.01. The maximum Gasteiger partial charge on any atom is 0.155 e. The topological polar surface area (TPSA) is 66.0 Å². The number of para-hydroxylation sites is 1. The second-order valence-corrected chi connectivity index (χ2v) is 8.07. The normalized spacial score (nSPS) is 19.3. The van der Waals surface area contributed by atoms with E-state index in [0.717, 1.165) is 55.2 Å². The Labute approximate surface area is 172 Å². The van der Waals surface area contributed by atoms with E-state index in [1.54, 1.807) is 7.11 Å². The molecule has 1 aliphatic carbocycles. The molecule has 0 amide bonds. The lowest BCUT2D eigenvalue weighted by Crippen LogP contribution is -2.27. The van der Waals surface area contributed by atoms with Crippen LogP contribution in [-0.4, -0.2) is 27.9 Å². The Morgan fingerprint density at radius 1 is 1.00 bits per heavy atom. The molecule has 1 saturated carbocycles. The minimum Gasteiger partial charge on any atom is -0.496 e. The van der Waals surface area contributed by atoms with Crippen molar-refractivity contribution in [2.24, 2.45) is 5.73 Å². The second kappa shape index (κ2) is 8.78. The molecule has 4 rings (SSSR count). The summed E-state index contributed by atoms with van der Waals surface area (Å²) in [5, 5.41) is 4.93. The van der Waals surface area contributed by atoms with Gasteiger partial charge < -0.3 is 10.5 Å². The molecule has 0 spiro atoms. The lowest BCUT2D eigenvalue weighted by molar-refractivity contribution is 0.374. The summed E-state index contributed by atoms with van der Waals surface area (Å²) < 4.78 is 7.64. The van der Waals surface area contributed by atoms with Gasteiger partial charge in [0.25, 0.3) is 0 Å². The molecule has 152 valence electrons. The Morgan fingerprint density at radius 3 is 2.41 bits per heavy atom. The van der Waals surface area contributed by atoms with E-state index in [4.69, 9.17) is 20.6 Å². The number of aryl methyl sites for hydroxylation is 1. The van der Waals surface area contributed by atoms with Crippen molar-refractivity contribution in [3.05, 3.63) is 76.9 Å². The quantitative estimate of drug-likeness (QED) is 0.684. The molecule has 1 aromatic heterocycles. The van der Waals surface area contributed by atoms with E-state index >= 15 is 0 Å². The summed E-state index contributed by atoms with van der Waals surface area (Å²) in [6, 6.07) is 16.9. The average Bonchev–Trinajstić information content (AvgIpc) is 3.13. The molecular weight excluding hydrogens is 360 g/mol. The number of rotatable bonds is 6. The standard InChI is InChI=1S/C24H30N4O/c1-17-7-3-4-9-20(17)16-28-24(18-11-13-21(25)14-12-18)26-23(27-28)15-19-8-5-6-10-22(19)29-2/h3-10,18,21H,11-16,25H2,1-2H3. The monoisotopic (exact) mass is 390 g/mol. The number of hydrogen-bond acceptors (Lipinski definition) is 4. The van der Waals surface area contributed by atoms with Crippen molar-refractivity contribution in [3.63, 3.8) is 0 Å². The van der Waals surface area contributed by atoms with Gasteiger partial charge in [0.15, 0.2) is 5.82 Å². The highest BCUT2D eigenvalue weighted by atomic mass is 16.5. The van der Waals surface area contributed by atoms with E-state index < -0.39 is 0 Å². The molecule has 1 fully saturated rings. The van der Waals surface area contributed by atoms with Crippen molar-refractivity contribution in [2.75, 3.05) is 7.11 Å². The largest absolute Gasteiger partial charge is 0.496 e. The molecule has 29 heavy (non-hydrogen) atoms. The number of nitrogens with two attached hydrogens (primary N) is 1. The number of nitrogens with zero attached hydrogens (tertiary/aromatic N) is 3. The number of benzene rings is 2. The molecule has 5 heteroatoms. The van der Waals surface area contributed by atoms with Gasteiger partial charge in [-0.05, 0) is 49.8 Å². The van der Waals surface area contributed by atoms with Gasteiger partial charge in [-0.25, -0.2) is 9.67 Å². The van der Waals surface area contributed by atoms with E-state index in [1.807, 2.05) is 18.2 Å². The molecule has 5 nitrogen and oxygen atoms in total. The van der Waals surface area contributed by atoms with Gasteiger partial charge in [-0.3, -0.25) is 0 Å². The summed E-state index contributed by atoms with van der Waals surface area (Å²) in [6.07, 6.45) is 4.96. The van der Waals surface area contributed by atoms with E-state index in [0.29, 0.717) is 18.4 Å². The van der Waals surface area contributed by atoms with Crippen LogP contribution >= 0.6 is 0 Å². The van der Waals surface area contributed by atoms with Crippen LogP contribution < -0.4 is 10.5 Å². The van der Waals surface area contributed by atoms with Crippen LogP contribution in [0.15, 0.2) is 48.5 Å². The third-order valence-electron chi connectivity index (χ3n) is 6.00. The molecule has 1 aliphatic rings. The van der Waals surface area contributed by atoms with Crippen molar-refractivity contribution in [1.82, 2.24) is 14.8 Å². The Kier molecular flexibility index (Phi) is 5.95. The Bertz CT molecular complexity index is 957. The van der Waals surface area contributed by atoms with Gasteiger partial charge in [0.1, 0.15) is 11.6 Å². The van der Waals surface area contributed by atoms with Gasteiger partial charge in [0.05, 0.1) is 13.7 Å². The first kappa shape index (κ1) is 19.6. The predicted octanol–water partition coefficient (Wildman–Crippen LogP) is 4.22. The molecule has 0 radical (unpaired) electrons. The van der Waals surface area contributed by atoms with Gasteiger partial charge in [-0.1, -0.05) is 42.5 Å². The highest BCUT2D eigenvalue weighted by Crippen LogP contribution is 2.32. The van der Waals surface area contributed by atoms with Gasteiger partial charge >= 0.3 is 0 Å². The average molecular weight is 391 g/mol. The highest BCUT2D eigenvalue weighted by molar-refractivity contribution is 5.35. The first-order valence-corrected chi connectivity index (χ1v) is 10.5. The van der Waals surface area contributed by atoms with Gasteiger partial charge in [0, 0.05) is 23.9 Å². The molecular formula is C24H30N4O. The van der Waals surface area contributed by atoms with Crippen molar-refractivity contribution in [3.8, 4) is 5.75 Å². The Hall–Kier alpha value is -2.66. The summed E-state index contributed by atoms with van der Waals surface area (Å²) >= 11 is 0. The number of ether oxygens (including phenoxy) is 1. The molecule has 2 aromatic carbocycles. The Balaban J connectivity index is 1.65. The van der Waals surface area contributed by atoms with E-state index in [-0.39, 0.29) is 0 Å². The molecule has 1 heterocycles. The van der Waals surface area contributed by atoms with Crippen molar-refractivity contribution >= 4 is 0 Å². The molecule has 0 atom stereocenters. The van der Waals surface area contributed by atoms with Crippen molar-refractivity contribution in [2.45, 2.75) is 57.5 Å². The van der Waals surface area contributed by atoms with E-state index in [2.05, 4.69) is 41.9 Å². The van der Waals surface area contributed by atoms with Crippen LogP contribution in [0.1, 0.15) is 59.9 Å². The SMILES string of the molecule is COc1ccccc1Cc1nc(C2CCC(N)CC2)n(Cc2ccccc2C)n1.